The molecule has 1 rings (SSSR count). The molecule has 0 radical (unpaired) electrons. The van der Waals surface area contributed by atoms with Crippen LogP contribution in [0.1, 0.15) is 26.3 Å². The van der Waals surface area contributed by atoms with Gasteiger partial charge in [0.05, 0.1) is 0 Å². The van der Waals surface area contributed by atoms with Gasteiger partial charge in [0.1, 0.15) is 0 Å². The van der Waals surface area contributed by atoms with Crippen molar-refractivity contribution in [3.05, 3.63) is 34.9 Å². The average molecular weight is 226 g/mol. The maximum Gasteiger partial charge on any atom is 0.0406 e. The minimum absolute atomic E-state index is 0.174. The van der Waals surface area contributed by atoms with Crippen molar-refractivity contribution < 1.29 is 0 Å². The predicted molar refractivity (Wildman–Crippen MR) is 67.2 cm³/mol. The lowest BCUT2D eigenvalue weighted by atomic mass is 9.74. The highest BCUT2D eigenvalue weighted by Crippen LogP contribution is 2.30. The van der Waals surface area contributed by atoms with Crippen molar-refractivity contribution in [3.63, 3.8) is 0 Å². The van der Waals surface area contributed by atoms with Gasteiger partial charge in [0.2, 0.25) is 0 Å². The van der Waals surface area contributed by atoms with Gasteiger partial charge in [-0.2, -0.15) is 0 Å². The molecule has 0 aliphatic rings. The van der Waals surface area contributed by atoms with Gasteiger partial charge in [-0.25, -0.2) is 0 Å². The Morgan fingerprint density at radius 2 is 1.80 bits per heavy atom. The van der Waals surface area contributed by atoms with Gasteiger partial charge in [-0.15, -0.1) is 0 Å². The van der Waals surface area contributed by atoms with Gasteiger partial charge < -0.3 is 5.73 Å². The number of hydrogen-bond acceptors (Lipinski definition) is 1. The lowest BCUT2D eigenvalue weighted by Crippen LogP contribution is -2.34. The topological polar surface area (TPSA) is 26.0 Å². The van der Waals surface area contributed by atoms with Crippen LogP contribution in [0.25, 0.3) is 0 Å². The summed E-state index contributed by atoms with van der Waals surface area (Å²) in [6.45, 7) is 7.41. The van der Waals surface area contributed by atoms with Crippen molar-refractivity contribution in [1.82, 2.24) is 0 Å². The third-order valence-electron chi connectivity index (χ3n) is 3.38. The van der Waals surface area contributed by atoms with Crippen LogP contribution >= 0.6 is 11.6 Å². The molecule has 0 saturated carbocycles. The molecule has 0 saturated heterocycles. The zero-order chi connectivity index (χ0) is 11.5. The molecule has 0 heterocycles. The fourth-order valence-corrected chi connectivity index (χ4v) is 1.71. The van der Waals surface area contributed by atoms with Crippen LogP contribution in [0.5, 0.6) is 0 Å². The molecule has 0 amide bonds. The summed E-state index contributed by atoms with van der Waals surface area (Å²) in [4.78, 5) is 0. The van der Waals surface area contributed by atoms with Gasteiger partial charge in [0.25, 0.3) is 0 Å². The van der Waals surface area contributed by atoms with Gasteiger partial charge in [0.15, 0.2) is 0 Å². The van der Waals surface area contributed by atoms with Crippen molar-refractivity contribution in [1.29, 1.82) is 0 Å². The van der Waals surface area contributed by atoms with Crippen LogP contribution in [-0.4, -0.2) is 6.54 Å². The van der Waals surface area contributed by atoms with Crippen molar-refractivity contribution in [2.45, 2.75) is 27.2 Å². The van der Waals surface area contributed by atoms with E-state index >= 15 is 0 Å². The smallest absolute Gasteiger partial charge is 0.0406 e. The Bertz CT molecular complexity index is 305. The summed E-state index contributed by atoms with van der Waals surface area (Å²) < 4.78 is 0. The Morgan fingerprint density at radius 1 is 1.27 bits per heavy atom. The quantitative estimate of drug-likeness (QED) is 0.834. The number of rotatable bonds is 4. The second-order valence-corrected chi connectivity index (χ2v) is 5.25. The normalized spacial score (nSPS) is 15.3. The summed E-state index contributed by atoms with van der Waals surface area (Å²) in [5, 5.41) is 0.790. The number of benzene rings is 1. The Morgan fingerprint density at radius 3 is 2.20 bits per heavy atom. The van der Waals surface area contributed by atoms with E-state index in [-0.39, 0.29) is 5.41 Å². The van der Waals surface area contributed by atoms with E-state index in [9.17, 15) is 0 Å². The van der Waals surface area contributed by atoms with Gasteiger partial charge in [-0.1, -0.05) is 44.5 Å². The molecule has 84 valence electrons. The minimum Gasteiger partial charge on any atom is -0.330 e. The highest BCUT2D eigenvalue weighted by molar-refractivity contribution is 6.30. The van der Waals surface area contributed by atoms with E-state index in [2.05, 4.69) is 32.9 Å². The summed E-state index contributed by atoms with van der Waals surface area (Å²) in [6.07, 6.45) is 1.01. The second-order valence-electron chi connectivity index (χ2n) is 4.82. The Balaban J connectivity index is 2.79. The fraction of sp³-hybridized carbons (Fsp3) is 0.538. The molecule has 1 atom stereocenters. The molecule has 2 heteroatoms. The zero-order valence-corrected chi connectivity index (χ0v) is 10.5. The summed E-state index contributed by atoms with van der Waals surface area (Å²) in [5.41, 5.74) is 7.34. The van der Waals surface area contributed by atoms with Crippen LogP contribution in [0.3, 0.4) is 0 Å². The van der Waals surface area contributed by atoms with E-state index in [1.807, 2.05) is 12.1 Å². The summed E-state index contributed by atoms with van der Waals surface area (Å²) >= 11 is 5.85. The van der Waals surface area contributed by atoms with E-state index < -0.39 is 0 Å². The molecule has 1 nitrogen and oxygen atoms in total. The largest absolute Gasteiger partial charge is 0.330 e. The minimum atomic E-state index is 0.174. The van der Waals surface area contributed by atoms with E-state index in [1.54, 1.807) is 0 Å². The van der Waals surface area contributed by atoms with E-state index in [1.165, 1.54) is 5.56 Å². The lowest BCUT2D eigenvalue weighted by molar-refractivity contribution is 0.227. The number of hydrogen-bond donors (Lipinski definition) is 1. The molecule has 1 aromatic rings. The Hall–Kier alpha value is -0.530. The van der Waals surface area contributed by atoms with Crippen LogP contribution in [-0.2, 0) is 6.42 Å². The molecule has 1 aromatic carbocycles. The van der Waals surface area contributed by atoms with Crippen LogP contribution in [0.2, 0.25) is 5.02 Å². The van der Waals surface area contributed by atoms with E-state index in [0.717, 1.165) is 11.4 Å². The average Bonchev–Trinajstić information content (AvgIpc) is 2.21. The lowest BCUT2D eigenvalue weighted by Gasteiger charge is -2.32. The molecule has 0 spiro atoms. The molecular formula is C13H20ClN. The standard InChI is InChI=1S/C13H20ClN/c1-10(2)13(3,9-15)8-11-4-6-12(14)7-5-11/h4-7,10H,8-9,15H2,1-3H3. The summed E-state index contributed by atoms with van der Waals surface area (Å²) in [5.74, 6) is 0.582. The first-order valence-corrected chi connectivity index (χ1v) is 5.80. The maximum absolute atomic E-state index is 5.86. The first-order chi connectivity index (χ1) is 6.98. The van der Waals surface area contributed by atoms with Gasteiger partial charge in [-0.05, 0) is 42.0 Å². The molecule has 0 aromatic heterocycles. The van der Waals surface area contributed by atoms with Crippen LogP contribution in [0.15, 0.2) is 24.3 Å². The highest BCUT2D eigenvalue weighted by Gasteiger charge is 2.26. The van der Waals surface area contributed by atoms with Gasteiger partial charge in [-0.3, -0.25) is 0 Å². The molecule has 0 fully saturated rings. The van der Waals surface area contributed by atoms with Gasteiger partial charge in [0, 0.05) is 5.02 Å². The highest BCUT2D eigenvalue weighted by atomic mass is 35.5. The SMILES string of the molecule is CC(C)C(C)(CN)Cc1ccc(Cl)cc1. The molecule has 0 aliphatic carbocycles. The molecule has 0 bridgehead atoms. The summed E-state index contributed by atoms with van der Waals surface area (Å²) in [7, 11) is 0. The van der Waals surface area contributed by atoms with Crippen LogP contribution in [0, 0.1) is 11.3 Å². The molecule has 1 unspecified atom stereocenters. The third-order valence-corrected chi connectivity index (χ3v) is 3.63. The molecule has 0 aliphatic heterocycles. The van der Waals surface area contributed by atoms with Gasteiger partial charge >= 0.3 is 0 Å². The Kier molecular flexibility index (Phi) is 4.18. The Labute approximate surface area is 97.6 Å². The van der Waals surface area contributed by atoms with E-state index in [4.69, 9.17) is 17.3 Å². The second kappa shape index (κ2) is 5.00. The maximum atomic E-state index is 5.86. The fourth-order valence-electron chi connectivity index (χ4n) is 1.58. The molecule has 15 heavy (non-hydrogen) atoms. The van der Waals surface area contributed by atoms with Crippen LogP contribution < -0.4 is 5.73 Å². The monoisotopic (exact) mass is 225 g/mol. The predicted octanol–water partition coefficient (Wildman–Crippen LogP) is 3.50. The molecular weight excluding hydrogens is 206 g/mol. The van der Waals surface area contributed by atoms with Crippen molar-refractivity contribution >= 4 is 11.6 Å². The first kappa shape index (κ1) is 12.5. The van der Waals surface area contributed by atoms with Crippen molar-refractivity contribution in [3.8, 4) is 0 Å². The third kappa shape index (κ3) is 3.22. The van der Waals surface area contributed by atoms with E-state index in [0.29, 0.717) is 12.5 Å². The number of nitrogens with two attached hydrogens (primary N) is 1. The summed E-state index contributed by atoms with van der Waals surface area (Å²) in [6, 6.07) is 8.04. The zero-order valence-electron chi connectivity index (χ0n) is 9.76. The van der Waals surface area contributed by atoms with Crippen molar-refractivity contribution in [2.24, 2.45) is 17.1 Å². The number of halogens is 1. The first-order valence-electron chi connectivity index (χ1n) is 5.42. The van der Waals surface area contributed by atoms with Crippen LogP contribution in [0.4, 0.5) is 0 Å². The van der Waals surface area contributed by atoms with Crippen molar-refractivity contribution in [2.75, 3.05) is 6.54 Å². The molecule has 2 N–H and O–H groups in total.